The minimum absolute atomic E-state index is 0.214. The second-order valence-electron chi connectivity index (χ2n) is 12.4. The van der Waals surface area contributed by atoms with Crippen LogP contribution in [0.15, 0.2) is 0 Å². The molecule has 0 aliphatic heterocycles. The Labute approximate surface area is 233 Å². The normalized spacial score (nSPS) is 15.5. The highest BCUT2D eigenvalue weighted by molar-refractivity contribution is 7.81. The summed E-state index contributed by atoms with van der Waals surface area (Å²) in [6.45, 7) is 13.7. The van der Waals surface area contributed by atoms with Crippen LogP contribution in [0.4, 0.5) is 0 Å². The molecule has 0 rings (SSSR count). The second kappa shape index (κ2) is 24.9. The van der Waals surface area contributed by atoms with Gasteiger partial charge >= 0.3 is 10.4 Å². The largest absolute Gasteiger partial charge is 0.399 e. The van der Waals surface area contributed by atoms with Crippen LogP contribution in [0.3, 0.4) is 0 Å². The Kier molecular flexibility index (Phi) is 24.8. The smallest absolute Gasteiger partial charge is 0.248 e. The topological polar surface area (TPSA) is 52.6 Å². The van der Waals surface area contributed by atoms with E-state index >= 15 is 0 Å². The molecule has 0 aromatic rings. The second-order valence-corrected chi connectivity index (χ2v) is 13.7. The molecule has 0 N–H and O–H groups in total. The SMILES string of the molecule is CCCCCCCCCCC(C)CC(C)COS(=O)(=O)OCC(C)CC(C)CCCCCCCCCC. The highest BCUT2D eigenvalue weighted by Crippen LogP contribution is 2.22. The van der Waals surface area contributed by atoms with Crippen molar-refractivity contribution in [2.24, 2.45) is 23.7 Å². The summed E-state index contributed by atoms with van der Waals surface area (Å²) in [4.78, 5) is 0. The van der Waals surface area contributed by atoms with E-state index in [0.717, 1.165) is 12.8 Å². The van der Waals surface area contributed by atoms with Gasteiger partial charge in [-0.15, -0.1) is 0 Å². The average Bonchev–Trinajstić information content (AvgIpc) is 2.85. The zero-order chi connectivity index (χ0) is 27.8. The predicted octanol–water partition coefficient (Wildman–Crippen LogP) is 10.7. The van der Waals surface area contributed by atoms with Crippen molar-refractivity contribution >= 4 is 10.4 Å². The van der Waals surface area contributed by atoms with Crippen LogP contribution >= 0.6 is 0 Å². The molecule has 0 amide bonds. The van der Waals surface area contributed by atoms with Gasteiger partial charge < -0.3 is 0 Å². The first-order chi connectivity index (χ1) is 17.7. The van der Waals surface area contributed by atoms with E-state index in [0.29, 0.717) is 11.8 Å². The molecule has 0 saturated carbocycles. The fourth-order valence-electron chi connectivity index (χ4n) is 5.43. The van der Waals surface area contributed by atoms with Crippen molar-refractivity contribution in [1.82, 2.24) is 0 Å². The third-order valence-electron chi connectivity index (χ3n) is 7.70. The van der Waals surface area contributed by atoms with Crippen LogP contribution < -0.4 is 0 Å². The van der Waals surface area contributed by atoms with Gasteiger partial charge in [-0.05, 0) is 36.5 Å². The highest BCUT2D eigenvalue weighted by Gasteiger charge is 2.18. The quantitative estimate of drug-likeness (QED) is 0.0916. The Morgan fingerprint density at radius 2 is 0.757 bits per heavy atom. The summed E-state index contributed by atoms with van der Waals surface area (Å²) in [6, 6.07) is 0. The number of hydrogen-bond donors (Lipinski definition) is 0. The number of rotatable bonds is 28. The number of unbranched alkanes of at least 4 members (excludes halogenated alkanes) is 14. The number of hydrogen-bond acceptors (Lipinski definition) is 4. The van der Waals surface area contributed by atoms with E-state index in [1.54, 1.807) is 0 Å². The van der Waals surface area contributed by atoms with Gasteiger partial charge in [-0.2, -0.15) is 8.42 Å². The van der Waals surface area contributed by atoms with E-state index in [9.17, 15) is 8.42 Å². The first-order valence-corrected chi connectivity index (χ1v) is 17.6. The van der Waals surface area contributed by atoms with E-state index in [4.69, 9.17) is 8.37 Å². The minimum Gasteiger partial charge on any atom is -0.248 e. The van der Waals surface area contributed by atoms with Gasteiger partial charge in [-0.3, -0.25) is 0 Å². The molecule has 224 valence electrons. The Morgan fingerprint density at radius 3 is 1.08 bits per heavy atom. The fourth-order valence-corrected chi connectivity index (χ4v) is 6.30. The monoisotopic (exact) mass is 546 g/mol. The standard InChI is InChI=1S/C32H66O4S/c1-7-9-11-13-15-17-19-21-23-29(3)25-31(5)27-35-37(33,34)36-28-32(6)26-30(4)24-22-20-18-16-14-12-10-8-2/h29-32H,7-28H2,1-6H3. The molecule has 0 aromatic carbocycles. The lowest BCUT2D eigenvalue weighted by Gasteiger charge is -2.19. The molecule has 4 unspecified atom stereocenters. The van der Waals surface area contributed by atoms with Crippen molar-refractivity contribution in [3.63, 3.8) is 0 Å². The molecule has 0 fully saturated rings. The molecule has 37 heavy (non-hydrogen) atoms. The van der Waals surface area contributed by atoms with Crippen LogP contribution in [-0.2, 0) is 18.8 Å². The summed E-state index contributed by atoms with van der Waals surface area (Å²) in [6.07, 6.45) is 26.0. The van der Waals surface area contributed by atoms with E-state index < -0.39 is 10.4 Å². The maximum absolute atomic E-state index is 12.2. The Hall–Kier alpha value is -0.130. The van der Waals surface area contributed by atoms with Crippen LogP contribution in [-0.4, -0.2) is 21.6 Å². The lowest BCUT2D eigenvalue weighted by Crippen LogP contribution is -2.19. The van der Waals surface area contributed by atoms with Crippen molar-refractivity contribution in [2.75, 3.05) is 13.2 Å². The van der Waals surface area contributed by atoms with Crippen LogP contribution in [0.5, 0.6) is 0 Å². The molecule has 0 aliphatic carbocycles. The summed E-state index contributed by atoms with van der Waals surface area (Å²) in [5, 5.41) is 0. The van der Waals surface area contributed by atoms with E-state index in [1.165, 1.54) is 116 Å². The molecule has 4 atom stereocenters. The van der Waals surface area contributed by atoms with E-state index in [1.807, 2.05) is 0 Å². The van der Waals surface area contributed by atoms with Gasteiger partial charge in [0.15, 0.2) is 0 Å². The van der Waals surface area contributed by atoms with E-state index in [-0.39, 0.29) is 25.0 Å². The molecule has 0 aromatic heterocycles. The first kappa shape index (κ1) is 36.9. The third kappa shape index (κ3) is 25.9. The van der Waals surface area contributed by atoms with Gasteiger partial charge in [0, 0.05) is 0 Å². The molecule has 0 heterocycles. The molecular weight excluding hydrogens is 480 g/mol. The summed E-state index contributed by atoms with van der Waals surface area (Å²) < 4.78 is 34.9. The van der Waals surface area contributed by atoms with Gasteiger partial charge in [0.1, 0.15) is 0 Å². The van der Waals surface area contributed by atoms with Crippen LogP contribution in [0, 0.1) is 23.7 Å². The van der Waals surface area contributed by atoms with E-state index in [2.05, 4.69) is 41.5 Å². The molecule has 0 spiro atoms. The Balaban J connectivity index is 3.85. The zero-order valence-electron chi connectivity index (χ0n) is 25.9. The Bertz CT molecular complexity index is 533. The Morgan fingerprint density at radius 1 is 0.459 bits per heavy atom. The molecule has 4 nitrogen and oxygen atoms in total. The van der Waals surface area contributed by atoms with Crippen LogP contribution in [0.2, 0.25) is 0 Å². The van der Waals surface area contributed by atoms with Crippen molar-refractivity contribution in [3.05, 3.63) is 0 Å². The zero-order valence-corrected chi connectivity index (χ0v) is 26.7. The van der Waals surface area contributed by atoms with Gasteiger partial charge in [-0.1, -0.05) is 157 Å². The molecular formula is C32H66O4S. The van der Waals surface area contributed by atoms with Crippen molar-refractivity contribution < 1.29 is 16.8 Å². The molecule has 5 heteroatoms. The minimum atomic E-state index is -3.91. The maximum atomic E-state index is 12.2. The lowest BCUT2D eigenvalue weighted by molar-refractivity contribution is 0.161. The first-order valence-electron chi connectivity index (χ1n) is 16.2. The van der Waals surface area contributed by atoms with Crippen molar-refractivity contribution in [2.45, 2.75) is 170 Å². The molecule has 0 aliphatic rings. The lowest BCUT2D eigenvalue weighted by atomic mass is 9.93. The summed E-state index contributed by atoms with van der Waals surface area (Å²) in [5.41, 5.74) is 0. The third-order valence-corrected chi connectivity index (χ3v) is 8.55. The summed E-state index contributed by atoms with van der Waals surface area (Å²) in [5.74, 6) is 1.63. The van der Waals surface area contributed by atoms with Crippen molar-refractivity contribution in [3.8, 4) is 0 Å². The van der Waals surface area contributed by atoms with Crippen molar-refractivity contribution in [1.29, 1.82) is 0 Å². The highest BCUT2D eigenvalue weighted by atomic mass is 32.3. The van der Waals surface area contributed by atoms with Crippen LogP contribution in [0.25, 0.3) is 0 Å². The average molecular weight is 547 g/mol. The summed E-state index contributed by atoms with van der Waals surface area (Å²) >= 11 is 0. The molecule has 0 radical (unpaired) electrons. The predicted molar refractivity (Wildman–Crippen MR) is 161 cm³/mol. The maximum Gasteiger partial charge on any atom is 0.399 e. The van der Waals surface area contributed by atoms with Gasteiger partial charge in [-0.25, -0.2) is 8.37 Å². The molecule has 0 bridgehead atoms. The van der Waals surface area contributed by atoms with Gasteiger partial charge in [0.05, 0.1) is 13.2 Å². The van der Waals surface area contributed by atoms with Crippen LogP contribution in [0.1, 0.15) is 170 Å². The van der Waals surface area contributed by atoms with Gasteiger partial charge in [0.2, 0.25) is 0 Å². The summed E-state index contributed by atoms with van der Waals surface area (Å²) in [7, 11) is -3.91. The molecule has 0 saturated heterocycles. The fraction of sp³-hybridized carbons (Fsp3) is 1.00. The van der Waals surface area contributed by atoms with Gasteiger partial charge in [0.25, 0.3) is 0 Å².